The van der Waals surface area contributed by atoms with E-state index in [1.165, 1.54) is 0 Å². The molecule has 1 saturated heterocycles. The molecule has 2 aromatic carbocycles. The first-order valence-corrected chi connectivity index (χ1v) is 9.31. The molecule has 8 heteroatoms. The number of aldehydes is 1. The number of ether oxygens (including phenoxy) is 2. The topological polar surface area (TPSA) is 88.7 Å². The fraction of sp³-hybridized carbons (Fsp3) is 0.300. The molecular weight excluding hydrogens is 382 g/mol. The zero-order valence-electron chi connectivity index (χ0n) is 15.4. The molecule has 2 unspecified atom stereocenters. The van der Waals surface area contributed by atoms with Crippen LogP contribution in [0.25, 0.3) is 0 Å². The number of amides is 2. The van der Waals surface area contributed by atoms with E-state index in [1.54, 1.807) is 42.5 Å². The number of nitrogens with one attached hydrogen (secondary N) is 3. The van der Waals surface area contributed by atoms with Crippen LogP contribution in [0, 0.1) is 6.92 Å². The second-order valence-electron chi connectivity index (χ2n) is 6.40. The minimum absolute atomic E-state index is 0.326. The van der Waals surface area contributed by atoms with Crippen LogP contribution in [0.2, 0.25) is 5.02 Å². The van der Waals surface area contributed by atoms with Crippen molar-refractivity contribution in [2.75, 3.05) is 30.3 Å². The predicted octanol–water partition coefficient (Wildman–Crippen LogP) is 3.23. The van der Waals surface area contributed by atoms with Crippen LogP contribution >= 0.6 is 11.6 Å². The van der Waals surface area contributed by atoms with Crippen molar-refractivity contribution >= 4 is 35.3 Å². The largest absolute Gasteiger partial charge is 0.480 e. The summed E-state index contributed by atoms with van der Waals surface area (Å²) in [5, 5.41) is 9.22. The molecule has 2 amide bonds. The third-order valence-corrected chi connectivity index (χ3v) is 4.49. The first-order valence-electron chi connectivity index (χ1n) is 8.93. The molecule has 1 aliphatic rings. The molecule has 0 aromatic heterocycles. The summed E-state index contributed by atoms with van der Waals surface area (Å²) in [5.74, 6) is 0.532. The lowest BCUT2D eigenvalue weighted by molar-refractivity contribution is -0.122. The fourth-order valence-corrected chi connectivity index (χ4v) is 3.04. The van der Waals surface area contributed by atoms with E-state index in [4.69, 9.17) is 21.1 Å². The maximum absolute atomic E-state index is 12.2. The minimum atomic E-state index is -0.697. The number of anilines is 2. The summed E-state index contributed by atoms with van der Waals surface area (Å²) >= 11 is 5.92. The molecule has 0 aliphatic carbocycles. The van der Waals surface area contributed by atoms with Gasteiger partial charge in [-0.25, -0.2) is 4.79 Å². The molecule has 7 nitrogen and oxygen atoms in total. The normalized spacial score (nSPS) is 17.4. The molecule has 0 spiro atoms. The van der Waals surface area contributed by atoms with Gasteiger partial charge in [0.1, 0.15) is 11.9 Å². The smallest absolute Gasteiger partial charge is 0.323 e. The van der Waals surface area contributed by atoms with Crippen molar-refractivity contribution in [2.24, 2.45) is 0 Å². The van der Waals surface area contributed by atoms with Crippen LogP contribution in [-0.2, 0) is 9.53 Å². The molecule has 0 radical (unpaired) electrons. The zero-order valence-corrected chi connectivity index (χ0v) is 16.2. The quantitative estimate of drug-likeness (QED) is 0.644. The predicted molar refractivity (Wildman–Crippen MR) is 108 cm³/mol. The third-order valence-electron chi connectivity index (χ3n) is 4.26. The number of carbonyl (C=O) groups is 2. The Morgan fingerprint density at radius 1 is 1.32 bits per heavy atom. The van der Waals surface area contributed by atoms with Gasteiger partial charge in [-0.05, 0) is 48.9 Å². The van der Waals surface area contributed by atoms with Crippen LogP contribution in [0.5, 0.6) is 5.75 Å². The first-order chi connectivity index (χ1) is 13.5. The second kappa shape index (κ2) is 9.54. The van der Waals surface area contributed by atoms with E-state index in [1.807, 2.05) is 6.92 Å². The summed E-state index contributed by atoms with van der Waals surface area (Å²) in [5.41, 5.74) is 2.02. The van der Waals surface area contributed by atoms with Crippen molar-refractivity contribution in [2.45, 2.75) is 19.1 Å². The lowest BCUT2D eigenvalue weighted by Crippen LogP contribution is -2.48. The number of benzene rings is 2. The summed E-state index contributed by atoms with van der Waals surface area (Å²) in [6.45, 7) is 3.71. The highest BCUT2D eigenvalue weighted by Crippen LogP contribution is 2.23. The van der Waals surface area contributed by atoms with E-state index in [2.05, 4.69) is 16.0 Å². The first kappa shape index (κ1) is 20.1. The summed E-state index contributed by atoms with van der Waals surface area (Å²) in [6.07, 6.45) is -0.276. The summed E-state index contributed by atoms with van der Waals surface area (Å²) in [4.78, 5) is 23.6. The van der Waals surface area contributed by atoms with Crippen LogP contribution in [0.15, 0.2) is 42.5 Å². The zero-order chi connectivity index (χ0) is 19.9. The van der Waals surface area contributed by atoms with Gasteiger partial charge in [0.15, 0.2) is 12.4 Å². The van der Waals surface area contributed by atoms with E-state index >= 15 is 0 Å². The van der Waals surface area contributed by atoms with Gasteiger partial charge in [-0.2, -0.15) is 0 Å². The standard InChI is InChI=1S/C20H22ClN3O4/c1-13-9-16(28-19(12-25)18-11-22-7-8-27-18)5-6-17(13)24-20(26)23-15-4-2-3-14(21)10-15/h2-6,9-10,12,18-19,22H,7-8,11H2,1H3,(H2,23,24,26). The molecule has 148 valence electrons. The summed E-state index contributed by atoms with van der Waals surface area (Å²) < 4.78 is 11.4. The Morgan fingerprint density at radius 3 is 2.86 bits per heavy atom. The summed E-state index contributed by atoms with van der Waals surface area (Å²) in [6, 6.07) is 11.7. The van der Waals surface area contributed by atoms with E-state index in [9.17, 15) is 9.59 Å². The van der Waals surface area contributed by atoms with Crippen molar-refractivity contribution in [1.82, 2.24) is 5.32 Å². The Hall–Kier alpha value is -2.61. The molecule has 1 aliphatic heterocycles. The number of hydrogen-bond donors (Lipinski definition) is 3. The molecule has 3 rings (SSSR count). The highest BCUT2D eigenvalue weighted by atomic mass is 35.5. The van der Waals surface area contributed by atoms with Crippen LogP contribution < -0.4 is 20.7 Å². The Balaban J connectivity index is 1.61. The Bertz CT molecular complexity index is 840. The lowest BCUT2D eigenvalue weighted by atomic mass is 10.1. The average molecular weight is 404 g/mol. The summed E-state index contributed by atoms with van der Waals surface area (Å²) in [7, 11) is 0. The molecule has 1 fully saturated rings. The number of halogens is 1. The van der Waals surface area contributed by atoms with Crippen molar-refractivity contribution in [3.8, 4) is 5.75 Å². The maximum atomic E-state index is 12.2. The minimum Gasteiger partial charge on any atom is -0.480 e. The van der Waals surface area contributed by atoms with Crippen LogP contribution in [0.1, 0.15) is 5.56 Å². The molecular formula is C20H22ClN3O4. The number of rotatable bonds is 6. The van der Waals surface area contributed by atoms with E-state index in [-0.39, 0.29) is 12.1 Å². The maximum Gasteiger partial charge on any atom is 0.323 e. The highest BCUT2D eigenvalue weighted by molar-refractivity contribution is 6.30. The van der Waals surface area contributed by atoms with Crippen molar-refractivity contribution < 1.29 is 19.1 Å². The highest BCUT2D eigenvalue weighted by Gasteiger charge is 2.26. The molecule has 2 aromatic rings. The molecule has 1 heterocycles. The SMILES string of the molecule is Cc1cc(OC(C=O)C2CNCCO2)ccc1NC(=O)Nc1cccc(Cl)c1. The van der Waals surface area contributed by atoms with Gasteiger partial charge >= 0.3 is 6.03 Å². The lowest BCUT2D eigenvalue weighted by Gasteiger charge is -2.28. The van der Waals surface area contributed by atoms with Gasteiger partial charge in [0.25, 0.3) is 0 Å². The average Bonchev–Trinajstić information content (AvgIpc) is 2.69. The molecule has 0 saturated carbocycles. The Kier molecular flexibility index (Phi) is 6.86. The van der Waals surface area contributed by atoms with Crippen molar-refractivity contribution in [3.63, 3.8) is 0 Å². The number of aryl methyl sites for hydroxylation is 1. The molecule has 28 heavy (non-hydrogen) atoms. The molecule has 3 N–H and O–H groups in total. The molecule has 0 bridgehead atoms. The number of urea groups is 1. The van der Waals surface area contributed by atoms with Gasteiger partial charge in [-0.15, -0.1) is 0 Å². The monoisotopic (exact) mass is 403 g/mol. The Labute approximate surface area is 168 Å². The van der Waals surface area contributed by atoms with Gasteiger partial charge < -0.3 is 25.4 Å². The number of hydrogen-bond acceptors (Lipinski definition) is 5. The van der Waals surface area contributed by atoms with Crippen LogP contribution in [0.4, 0.5) is 16.2 Å². The van der Waals surface area contributed by atoms with Gasteiger partial charge in [0.05, 0.1) is 6.61 Å². The van der Waals surface area contributed by atoms with Gasteiger partial charge in [-0.1, -0.05) is 17.7 Å². The van der Waals surface area contributed by atoms with Crippen LogP contribution in [0.3, 0.4) is 0 Å². The second-order valence-corrected chi connectivity index (χ2v) is 6.83. The fourth-order valence-electron chi connectivity index (χ4n) is 2.85. The Morgan fingerprint density at radius 2 is 2.18 bits per heavy atom. The van der Waals surface area contributed by atoms with Crippen LogP contribution in [-0.4, -0.2) is 44.2 Å². The van der Waals surface area contributed by atoms with Gasteiger partial charge in [-0.3, -0.25) is 4.79 Å². The number of carbonyl (C=O) groups excluding carboxylic acids is 2. The van der Waals surface area contributed by atoms with E-state index in [0.717, 1.165) is 18.4 Å². The molecule has 2 atom stereocenters. The van der Waals surface area contributed by atoms with Gasteiger partial charge in [0.2, 0.25) is 0 Å². The third kappa shape index (κ3) is 5.45. The van der Waals surface area contributed by atoms with E-state index < -0.39 is 6.10 Å². The van der Waals surface area contributed by atoms with E-state index in [0.29, 0.717) is 35.3 Å². The van der Waals surface area contributed by atoms with Gasteiger partial charge in [0, 0.05) is 29.5 Å². The van der Waals surface area contributed by atoms with Crippen molar-refractivity contribution in [3.05, 3.63) is 53.1 Å². The number of morpholine rings is 1. The van der Waals surface area contributed by atoms with Crippen molar-refractivity contribution in [1.29, 1.82) is 0 Å².